The van der Waals surface area contributed by atoms with Gasteiger partial charge in [0.2, 0.25) is 0 Å². The van der Waals surface area contributed by atoms with E-state index in [0.29, 0.717) is 0 Å². The number of rotatable bonds is 2. The molecule has 0 amide bonds. The molecule has 1 aliphatic carbocycles. The Bertz CT molecular complexity index is 686. The van der Waals surface area contributed by atoms with E-state index in [1.807, 2.05) is 54.6 Å². The number of halogens is 1. The van der Waals surface area contributed by atoms with E-state index < -0.39 is 0 Å². The van der Waals surface area contributed by atoms with Crippen molar-refractivity contribution >= 4 is 17.4 Å². The summed E-state index contributed by atoms with van der Waals surface area (Å²) < 4.78 is 9.95. The van der Waals surface area contributed by atoms with Gasteiger partial charge in [-0.25, -0.2) is 0 Å². The van der Waals surface area contributed by atoms with Crippen LogP contribution in [0.15, 0.2) is 78.9 Å². The van der Waals surface area contributed by atoms with Crippen LogP contribution in [-0.4, -0.2) is 20.0 Å². The van der Waals surface area contributed by atoms with Gasteiger partial charge in [-0.2, -0.15) is 0 Å². The molecule has 26 heavy (non-hydrogen) atoms. The predicted molar refractivity (Wildman–Crippen MR) is 108 cm³/mol. The summed E-state index contributed by atoms with van der Waals surface area (Å²) in [5.41, 5.74) is 1.46. The first-order valence-corrected chi connectivity index (χ1v) is 8.64. The Morgan fingerprint density at radius 2 is 1.35 bits per heavy atom. The van der Waals surface area contributed by atoms with Crippen molar-refractivity contribution < 1.29 is 14.3 Å². The molecule has 0 unspecified atom stereocenters. The fourth-order valence-corrected chi connectivity index (χ4v) is 2.28. The summed E-state index contributed by atoms with van der Waals surface area (Å²) in [7, 11) is 3.27. The molecule has 2 aromatic rings. The van der Waals surface area contributed by atoms with E-state index in [1.54, 1.807) is 14.2 Å². The maximum atomic E-state index is 10.9. The Balaban J connectivity index is 0.000000198. The summed E-state index contributed by atoms with van der Waals surface area (Å²) in [5.74, 6) is 1.72. The molecular formula is C22H25ClO3. The van der Waals surface area contributed by atoms with Gasteiger partial charge in [0, 0.05) is 11.1 Å². The summed E-state index contributed by atoms with van der Waals surface area (Å²) in [4.78, 5) is 10.9. The number of benzene rings is 2. The number of Topliss-reactive ketones (excluding diaryl/α,β-unsaturated/α-hetero) is 1. The third-order valence-corrected chi connectivity index (χ3v) is 3.86. The number of ketones is 1. The average Bonchev–Trinajstić information content (AvgIpc) is 2.67. The van der Waals surface area contributed by atoms with E-state index >= 15 is 0 Å². The Morgan fingerprint density at radius 1 is 0.846 bits per heavy atom. The highest BCUT2D eigenvalue weighted by Gasteiger charge is 2.15. The molecule has 138 valence electrons. The number of carbonyl (C=O) groups excluding carboxylic acids is 1. The lowest BCUT2D eigenvalue weighted by atomic mass is 9.91. The van der Waals surface area contributed by atoms with Crippen LogP contribution >= 0.6 is 11.6 Å². The van der Waals surface area contributed by atoms with Gasteiger partial charge in [0.15, 0.2) is 5.78 Å². The van der Waals surface area contributed by atoms with Crippen molar-refractivity contribution in [1.82, 2.24) is 0 Å². The quantitative estimate of drug-likeness (QED) is 0.616. The number of hydrogen-bond acceptors (Lipinski definition) is 3. The second-order valence-corrected chi connectivity index (χ2v) is 6.00. The number of carbonyl (C=O) groups is 1. The highest BCUT2D eigenvalue weighted by Crippen LogP contribution is 2.21. The van der Waals surface area contributed by atoms with Gasteiger partial charge in [0.1, 0.15) is 11.5 Å². The molecule has 0 atom stereocenters. The molecule has 1 fully saturated rings. The van der Waals surface area contributed by atoms with Crippen molar-refractivity contribution in [2.24, 2.45) is 0 Å². The highest BCUT2D eigenvalue weighted by atomic mass is 35.5. The minimum atomic E-state index is 0.0845. The predicted octanol–water partition coefficient (Wildman–Crippen LogP) is 5.90. The van der Waals surface area contributed by atoms with Crippen LogP contribution in [0.25, 0.3) is 0 Å². The molecule has 0 heterocycles. The molecule has 3 nitrogen and oxygen atoms in total. The lowest BCUT2D eigenvalue weighted by molar-refractivity contribution is -0.112. The van der Waals surface area contributed by atoms with Crippen molar-refractivity contribution in [3.63, 3.8) is 0 Å². The minimum absolute atomic E-state index is 0.0845. The van der Waals surface area contributed by atoms with Gasteiger partial charge in [-0.1, -0.05) is 49.0 Å². The highest BCUT2D eigenvalue weighted by molar-refractivity contribution is 6.30. The van der Waals surface area contributed by atoms with Gasteiger partial charge in [-0.3, -0.25) is 4.79 Å². The fraction of sp³-hybridized carbons (Fsp3) is 0.227. The van der Waals surface area contributed by atoms with E-state index in [9.17, 15) is 4.79 Å². The van der Waals surface area contributed by atoms with Gasteiger partial charge < -0.3 is 9.47 Å². The zero-order chi connectivity index (χ0) is 19.4. The second-order valence-electron chi connectivity index (χ2n) is 5.57. The first-order chi connectivity index (χ1) is 12.5. The van der Waals surface area contributed by atoms with Crippen molar-refractivity contribution in [2.45, 2.75) is 19.3 Å². The normalized spacial score (nSPS) is 13.0. The SMILES string of the molecule is C=C1CCCC(=C)C1=O.COc1cccc(OC)c1.Clc1ccccc1. The second kappa shape index (κ2) is 11.9. The van der Waals surface area contributed by atoms with Crippen LogP contribution in [0.2, 0.25) is 5.02 Å². The van der Waals surface area contributed by atoms with Gasteiger partial charge in [0.05, 0.1) is 14.2 Å². The van der Waals surface area contributed by atoms with Gasteiger partial charge in [-0.15, -0.1) is 0 Å². The average molecular weight is 373 g/mol. The number of ether oxygens (including phenoxy) is 2. The van der Waals surface area contributed by atoms with Gasteiger partial charge in [-0.05, 0) is 54.7 Å². The van der Waals surface area contributed by atoms with Crippen LogP contribution in [0.5, 0.6) is 11.5 Å². The van der Waals surface area contributed by atoms with E-state index in [2.05, 4.69) is 13.2 Å². The molecular weight excluding hydrogens is 348 g/mol. The van der Waals surface area contributed by atoms with E-state index in [4.69, 9.17) is 21.1 Å². The fourth-order valence-electron chi connectivity index (χ4n) is 2.14. The Labute approximate surface area is 160 Å². The molecule has 2 aromatic carbocycles. The Kier molecular flexibility index (Phi) is 9.88. The Hall–Kier alpha value is -2.52. The van der Waals surface area contributed by atoms with Gasteiger partial charge in [0.25, 0.3) is 0 Å². The summed E-state index contributed by atoms with van der Waals surface area (Å²) in [6.07, 6.45) is 2.76. The molecule has 3 rings (SSSR count). The van der Waals surface area contributed by atoms with Crippen LogP contribution in [0, 0.1) is 0 Å². The van der Waals surface area contributed by atoms with Crippen molar-refractivity contribution in [2.75, 3.05) is 14.2 Å². The molecule has 1 aliphatic rings. The summed E-state index contributed by atoms with van der Waals surface area (Å²) in [6.45, 7) is 7.27. The number of allylic oxidation sites excluding steroid dienone is 2. The lowest BCUT2D eigenvalue weighted by Crippen LogP contribution is -2.09. The monoisotopic (exact) mass is 372 g/mol. The van der Waals surface area contributed by atoms with Crippen LogP contribution < -0.4 is 9.47 Å². The molecule has 0 aromatic heterocycles. The molecule has 0 spiro atoms. The molecule has 0 radical (unpaired) electrons. The largest absolute Gasteiger partial charge is 0.497 e. The lowest BCUT2D eigenvalue weighted by Gasteiger charge is -2.12. The van der Waals surface area contributed by atoms with Crippen molar-refractivity contribution in [3.8, 4) is 11.5 Å². The zero-order valence-electron chi connectivity index (χ0n) is 15.3. The minimum Gasteiger partial charge on any atom is -0.497 e. The van der Waals surface area contributed by atoms with E-state index in [1.165, 1.54) is 0 Å². The smallest absolute Gasteiger partial charge is 0.183 e. The van der Waals surface area contributed by atoms with E-state index in [-0.39, 0.29) is 5.78 Å². The molecule has 0 bridgehead atoms. The van der Waals surface area contributed by atoms with Crippen LogP contribution in [0.1, 0.15) is 19.3 Å². The molecule has 0 saturated heterocycles. The first-order valence-electron chi connectivity index (χ1n) is 8.26. The molecule has 4 heteroatoms. The zero-order valence-corrected chi connectivity index (χ0v) is 16.1. The third kappa shape index (κ3) is 8.04. The summed E-state index contributed by atoms with van der Waals surface area (Å²) >= 11 is 5.54. The molecule has 0 N–H and O–H groups in total. The van der Waals surface area contributed by atoms with Crippen molar-refractivity contribution in [3.05, 3.63) is 83.9 Å². The van der Waals surface area contributed by atoms with Crippen LogP contribution in [0.4, 0.5) is 0 Å². The van der Waals surface area contributed by atoms with Crippen LogP contribution in [0.3, 0.4) is 0 Å². The third-order valence-electron chi connectivity index (χ3n) is 3.61. The van der Waals surface area contributed by atoms with Gasteiger partial charge >= 0.3 is 0 Å². The topological polar surface area (TPSA) is 35.5 Å². The van der Waals surface area contributed by atoms with Crippen molar-refractivity contribution in [1.29, 1.82) is 0 Å². The summed E-state index contributed by atoms with van der Waals surface area (Å²) in [6, 6.07) is 16.9. The maximum absolute atomic E-state index is 10.9. The summed E-state index contributed by atoms with van der Waals surface area (Å²) in [5, 5.41) is 0.794. The molecule has 0 aliphatic heterocycles. The van der Waals surface area contributed by atoms with Crippen LogP contribution in [-0.2, 0) is 4.79 Å². The maximum Gasteiger partial charge on any atom is 0.183 e. The first kappa shape index (κ1) is 21.5. The number of methoxy groups -OCH3 is 2. The standard InChI is InChI=1S/C8H10O2.C8H10O.C6H5Cl/c1-9-7-4-3-5-8(6-7)10-2;1-6-4-3-5-7(2)8(6)9;7-6-4-2-1-3-5-6/h3-6H,1-2H3;1-5H2;1-5H. The van der Waals surface area contributed by atoms with E-state index in [0.717, 1.165) is 46.9 Å². The molecule has 1 saturated carbocycles. The Morgan fingerprint density at radius 3 is 1.69 bits per heavy atom. The number of hydrogen-bond donors (Lipinski definition) is 0.